The summed E-state index contributed by atoms with van der Waals surface area (Å²) in [7, 11) is 0. The van der Waals surface area contributed by atoms with E-state index in [0.29, 0.717) is 17.1 Å². The number of hydrogen-bond donors (Lipinski definition) is 2. The van der Waals surface area contributed by atoms with Gasteiger partial charge in [0.2, 0.25) is 0 Å². The lowest BCUT2D eigenvalue weighted by Gasteiger charge is -2.07. The van der Waals surface area contributed by atoms with Crippen LogP contribution >= 0.6 is 0 Å². The molecule has 0 radical (unpaired) electrons. The van der Waals surface area contributed by atoms with Crippen LogP contribution in [0, 0.1) is 19.7 Å². The number of aryl methyl sites for hydroxylation is 2. The van der Waals surface area contributed by atoms with Crippen molar-refractivity contribution in [1.29, 1.82) is 0 Å². The third-order valence-corrected chi connectivity index (χ3v) is 3.53. The van der Waals surface area contributed by atoms with Crippen LogP contribution in [0.1, 0.15) is 11.1 Å². The number of nitrogens with two attached hydrogens (primary N) is 1. The van der Waals surface area contributed by atoms with Gasteiger partial charge in [-0.15, -0.1) is 0 Å². The summed E-state index contributed by atoms with van der Waals surface area (Å²) >= 11 is 0. The van der Waals surface area contributed by atoms with Crippen LogP contribution in [0.15, 0.2) is 42.5 Å². The Morgan fingerprint density at radius 2 is 1.67 bits per heavy atom. The van der Waals surface area contributed by atoms with Crippen molar-refractivity contribution in [1.82, 2.24) is 10.2 Å². The molecule has 0 unspecified atom stereocenters. The highest BCUT2D eigenvalue weighted by atomic mass is 19.1. The maximum atomic E-state index is 14.1. The van der Waals surface area contributed by atoms with Crippen molar-refractivity contribution in [3.63, 3.8) is 0 Å². The molecule has 0 aliphatic rings. The second-order valence-electron chi connectivity index (χ2n) is 5.21. The van der Waals surface area contributed by atoms with Gasteiger partial charge in [-0.05, 0) is 31.5 Å². The number of H-pyrrole nitrogens is 1. The largest absolute Gasteiger partial charge is 0.382 e. The topological polar surface area (TPSA) is 54.7 Å². The molecule has 0 bridgehead atoms. The van der Waals surface area contributed by atoms with Crippen LogP contribution in [0.25, 0.3) is 22.4 Å². The number of hydrogen-bond acceptors (Lipinski definition) is 2. The summed E-state index contributed by atoms with van der Waals surface area (Å²) < 4.78 is 14.1. The molecule has 4 heteroatoms. The van der Waals surface area contributed by atoms with Gasteiger partial charge in [-0.25, -0.2) is 4.39 Å². The molecule has 1 aromatic heterocycles. The summed E-state index contributed by atoms with van der Waals surface area (Å²) in [6.07, 6.45) is 0. The minimum absolute atomic E-state index is 0.294. The van der Waals surface area contributed by atoms with E-state index >= 15 is 0 Å². The highest BCUT2D eigenvalue weighted by Gasteiger charge is 2.17. The van der Waals surface area contributed by atoms with E-state index in [1.165, 1.54) is 6.07 Å². The second-order valence-corrected chi connectivity index (χ2v) is 5.21. The molecule has 0 aliphatic carbocycles. The van der Waals surface area contributed by atoms with E-state index in [2.05, 4.69) is 10.2 Å². The average molecular weight is 281 g/mol. The van der Waals surface area contributed by atoms with Gasteiger partial charge < -0.3 is 5.73 Å². The van der Waals surface area contributed by atoms with Crippen molar-refractivity contribution in [2.45, 2.75) is 13.8 Å². The van der Waals surface area contributed by atoms with E-state index in [1.807, 2.05) is 38.1 Å². The van der Waals surface area contributed by atoms with Crippen molar-refractivity contribution in [3.05, 3.63) is 59.4 Å². The van der Waals surface area contributed by atoms with Gasteiger partial charge in [-0.3, -0.25) is 5.10 Å². The first-order chi connectivity index (χ1) is 10.1. The maximum Gasteiger partial charge on any atom is 0.153 e. The van der Waals surface area contributed by atoms with Crippen LogP contribution in [-0.2, 0) is 0 Å². The van der Waals surface area contributed by atoms with Crippen LogP contribution in [0.3, 0.4) is 0 Å². The Morgan fingerprint density at radius 3 is 2.38 bits per heavy atom. The number of nitrogens with one attached hydrogen (secondary N) is 1. The van der Waals surface area contributed by atoms with E-state index in [-0.39, 0.29) is 5.82 Å². The van der Waals surface area contributed by atoms with Gasteiger partial charge in [0.15, 0.2) is 5.82 Å². The first-order valence-corrected chi connectivity index (χ1v) is 6.73. The molecule has 106 valence electrons. The zero-order valence-corrected chi connectivity index (χ0v) is 11.9. The predicted molar refractivity (Wildman–Crippen MR) is 83.3 cm³/mol. The summed E-state index contributed by atoms with van der Waals surface area (Å²) in [6.45, 7) is 3.94. The third-order valence-electron chi connectivity index (χ3n) is 3.53. The number of benzene rings is 2. The molecule has 0 amide bonds. The monoisotopic (exact) mass is 281 g/mol. The second kappa shape index (κ2) is 5.05. The smallest absolute Gasteiger partial charge is 0.153 e. The normalized spacial score (nSPS) is 10.8. The maximum absolute atomic E-state index is 14.1. The van der Waals surface area contributed by atoms with E-state index in [4.69, 9.17) is 5.73 Å². The number of rotatable bonds is 2. The van der Waals surface area contributed by atoms with Gasteiger partial charge in [-0.1, -0.05) is 41.5 Å². The van der Waals surface area contributed by atoms with Crippen LogP contribution < -0.4 is 5.73 Å². The van der Waals surface area contributed by atoms with Gasteiger partial charge in [0.1, 0.15) is 5.82 Å². The third kappa shape index (κ3) is 2.40. The Balaban J connectivity index is 2.21. The molecule has 3 rings (SSSR count). The lowest BCUT2D eigenvalue weighted by atomic mass is 9.99. The van der Waals surface area contributed by atoms with Crippen molar-refractivity contribution in [2.24, 2.45) is 0 Å². The fourth-order valence-corrected chi connectivity index (χ4v) is 2.39. The molecule has 0 aliphatic heterocycles. The minimum atomic E-state index is -0.294. The fraction of sp³-hybridized carbons (Fsp3) is 0.118. The van der Waals surface area contributed by atoms with Crippen LogP contribution in [0.2, 0.25) is 0 Å². The number of halogens is 1. The number of nitrogen functional groups attached to an aromatic ring is 1. The van der Waals surface area contributed by atoms with Crippen LogP contribution in [-0.4, -0.2) is 10.2 Å². The first kappa shape index (κ1) is 13.4. The van der Waals surface area contributed by atoms with Gasteiger partial charge in [0.25, 0.3) is 0 Å². The Morgan fingerprint density at radius 1 is 1.00 bits per heavy atom. The summed E-state index contributed by atoms with van der Waals surface area (Å²) in [5.41, 5.74) is 10.9. The summed E-state index contributed by atoms with van der Waals surface area (Å²) in [5.74, 6) is 0.0763. The summed E-state index contributed by atoms with van der Waals surface area (Å²) in [5, 5.41) is 6.91. The van der Waals surface area contributed by atoms with E-state index in [9.17, 15) is 4.39 Å². The Kier molecular flexibility index (Phi) is 3.22. The average Bonchev–Trinajstić information content (AvgIpc) is 2.84. The van der Waals surface area contributed by atoms with Crippen molar-refractivity contribution >= 4 is 5.82 Å². The zero-order valence-electron chi connectivity index (χ0n) is 11.9. The fourth-order valence-electron chi connectivity index (χ4n) is 2.39. The Bertz CT molecular complexity index is 788. The first-order valence-electron chi connectivity index (χ1n) is 6.73. The van der Waals surface area contributed by atoms with Crippen molar-refractivity contribution < 1.29 is 4.39 Å². The summed E-state index contributed by atoms with van der Waals surface area (Å²) in [4.78, 5) is 0. The van der Waals surface area contributed by atoms with Crippen molar-refractivity contribution in [2.75, 3.05) is 5.73 Å². The molecular formula is C17H16FN3. The molecular weight excluding hydrogens is 265 g/mol. The minimum Gasteiger partial charge on any atom is -0.382 e. The number of nitrogens with zero attached hydrogens (tertiary/aromatic N) is 1. The predicted octanol–water partition coefficient (Wildman–Crippen LogP) is 4.08. The highest BCUT2D eigenvalue weighted by Crippen LogP contribution is 2.36. The Hall–Kier alpha value is -2.62. The van der Waals surface area contributed by atoms with Crippen LogP contribution in [0.5, 0.6) is 0 Å². The van der Waals surface area contributed by atoms with Crippen LogP contribution in [0.4, 0.5) is 10.2 Å². The van der Waals surface area contributed by atoms with E-state index in [1.54, 1.807) is 12.1 Å². The van der Waals surface area contributed by atoms with Crippen molar-refractivity contribution in [3.8, 4) is 22.4 Å². The molecule has 3 aromatic rings. The van der Waals surface area contributed by atoms with E-state index in [0.717, 1.165) is 22.3 Å². The van der Waals surface area contributed by atoms with Gasteiger partial charge in [0, 0.05) is 5.56 Å². The summed E-state index contributed by atoms with van der Waals surface area (Å²) in [6, 6.07) is 12.9. The van der Waals surface area contributed by atoms with Gasteiger partial charge in [0.05, 0.1) is 11.3 Å². The molecule has 3 N–H and O–H groups in total. The number of aromatic nitrogens is 2. The SMILES string of the molecule is Cc1ccc(-c2c(N)n[nH]c2-c2cc(C)ccc2F)cc1. The quantitative estimate of drug-likeness (QED) is 0.743. The molecule has 2 aromatic carbocycles. The van der Waals surface area contributed by atoms with Gasteiger partial charge >= 0.3 is 0 Å². The lowest BCUT2D eigenvalue weighted by Crippen LogP contribution is -1.91. The molecule has 0 saturated heterocycles. The molecule has 0 saturated carbocycles. The van der Waals surface area contributed by atoms with Gasteiger partial charge in [-0.2, -0.15) is 5.10 Å². The molecule has 3 nitrogen and oxygen atoms in total. The standard InChI is InChI=1S/C17H16FN3/c1-10-3-6-12(7-4-10)15-16(20-21-17(15)19)13-9-11(2)5-8-14(13)18/h3-9H,1-2H3,(H3,19,20,21). The molecule has 0 atom stereocenters. The molecule has 21 heavy (non-hydrogen) atoms. The molecule has 0 fully saturated rings. The highest BCUT2D eigenvalue weighted by molar-refractivity contribution is 5.88. The Labute approximate surface area is 122 Å². The number of anilines is 1. The van der Waals surface area contributed by atoms with E-state index < -0.39 is 0 Å². The lowest BCUT2D eigenvalue weighted by molar-refractivity contribution is 0.630. The zero-order chi connectivity index (χ0) is 15.0. The molecule has 1 heterocycles. The molecule has 0 spiro atoms. The number of aromatic amines is 1.